The molecule has 0 aliphatic rings. The summed E-state index contributed by atoms with van der Waals surface area (Å²) in [6.45, 7) is 0. The summed E-state index contributed by atoms with van der Waals surface area (Å²) in [4.78, 5) is 7.03. The van der Waals surface area contributed by atoms with Crippen LogP contribution in [-0.2, 0) is 0 Å². The van der Waals surface area contributed by atoms with E-state index in [1.807, 2.05) is 24.3 Å². The predicted octanol–water partition coefficient (Wildman–Crippen LogP) is 15.0. The average Bonchev–Trinajstić information content (AvgIpc) is 3.89. The molecule has 4 nitrogen and oxygen atoms in total. The van der Waals surface area contributed by atoms with Crippen molar-refractivity contribution in [1.29, 1.82) is 0 Å². The van der Waals surface area contributed by atoms with Crippen LogP contribution in [0.2, 0.25) is 0 Å². The molecule has 0 N–H and O–H groups in total. The van der Waals surface area contributed by atoms with E-state index in [-0.39, 0.29) is 0 Å². The van der Waals surface area contributed by atoms with Crippen LogP contribution in [-0.4, -0.2) is 4.98 Å². The Morgan fingerprint density at radius 3 is 1.72 bits per heavy atom. The van der Waals surface area contributed by atoms with Gasteiger partial charge in [0.25, 0.3) is 0 Å². The van der Waals surface area contributed by atoms with Gasteiger partial charge < -0.3 is 13.7 Å². The summed E-state index contributed by atoms with van der Waals surface area (Å²) >= 11 is 0. The summed E-state index contributed by atoms with van der Waals surface area (Å²) in [6, 6.07) is 72.3. The number of fused-ring (bicyclic) bond motifs is 5. The van der Waals surface area contributed by atoms with Crippen LogP contribution in [0.25, 0.3) is 88.6 Å². The van der Waals surface area contributed by atoms with Crippen LogP contribution >= 0.6 is 0 Å². The highest BCUT2D eigenvalue weighted by molar-refractivity contribution is 6.21. The van der Waals surface area contributed by atoms with Crippen LogP contribution in [0.3, 0.4) is 0 Å². The molecule has 0 saturated carbocycles. The zero-order valence-electron chi connectivity index (χ0n) is 30.8. The second kappa shape index (κ2) is 13.6. The minimum Gasteiger partial charge on any atom is -0.455 e. The number of para-hydroxylation sites is 3. The number of nitrogens with zero attached hydrogens (tertiary/aromatic N) is 2. The fourth-order valence-corrected chi connectivity index (χ4v) is 8.17. The number of hydrogen-bond donors (Lipinski definition) is 0. The van der Waals surface area contributed by atoms with E-state index in [0.29, 0.717) is 5.89 Å². The van der Waals surface area contributed by atoms with Crippen molar-refractivity contribution in [3.8, 4) is 44.8 Å². The fraction of sp³-hybridized carbons (Fsp3) is 0. The highest BCUT2D eigenvalue weighted by atomic mass is 16.3. The molecule has 9 aromatic carbocycles. The molecule has 0 unspecified atom stereocenters. The molecule has 0 fully saturated rings. The molecule has 11 aromatic rings. The zero-order valence-corrected chi connectivity index (χ0v) is 30.8. The maximum Gasteiger partial charge on any atom is 0.227 e. The molecule has 0 spiro atoms. The molecule has 0 atom stereocenters. The van der Waals surface area contributed by atoms with Crippen LogP contribution in [0.4, 0.5) is 17.1 Å². The number of rotatable bonds is 7. The van der Waals surface area contributed by atoms with Gasteiger partial charge in [-0.2, -0.15) is 0 Å². The Kier molecular flexibility index (Phi) is 7.78. The first-order chi connectivity index (χ1) is 28.2. The third kappa shape index (κ3) is 5.74. The molecule has 0 aliphatic carbocycles. The number of benzene rings is 9. The maximum absolute atomic E-state index is 6.84. The molecule has 57 heavy (non-hydrogen) atoms. The van der Waals surface area contributed by atoms with Crippen molar-refractivity contribution in [2.45, 2.75) is 0 Å². The Morgan fingerprint density at radius 1 is 0.386 bits per heavy atom. The molecule has 0 amide bonds. The van der Waals surface area contributed by atoms with Gasteiger partial charge in [0.05, 0.1) is 0 Å². The first-order valence-corrected chi connectivity index (χ1v) is 19.2. The summed E-state index contributed by atoms with van der Waals surface area (Å²) < 4.78 is 12.9. The van der Waals surface area contributed by atoms with E-state index in [4.69, 9.17) is 13.8 Å². The summed E-state index contributed by atoms with van der Waals surface area (Å²) in [7, 11) is 0. The Balaban J connectivity index is 1.00. The van der Waals surface area contributed by atoms with E-state index >= 15 is 0 Å². The van der Waals surface area contributed by atoms with Crippen LogP contribution in [0, 0.1) is 0 Å². The van der Waals surface area contributed by atoms with Gasteiger partial charge in [-0.25, -0.2) is 4.98 Å². The van der Waals surface area contributed by atoms with Gasteiger partial charge in [0.15, 0.2) is 5.58 Å². The Bertz CT molecular complexity index is 3170. The van der Waals surface area contributed by atoms with Crippen molar-refractivity contribution < 1.29 is 8.83 Å². The van der Waals surface area contributed by atoms with Crippen molar-refractivity contribution in [3.63, 3.8) is 0 Å². The SMILES string of the molecule is c1ccc(-c2ccc(N(c3ccccc3)c3ccc(-c4cccc5oc6c(-c7ccc(-c8nc9ccccc9o8)cc7)c7ccccc7cc6c45)cc3)cc2)cc1. The molecule has 2 aromatic heterocycles. The lowest BCUT2D eigenvalue weighted by molar-refractivity contribution is 0.620. The zero-order chi connectivity index (χ0) is 37.7. The standard InChI is InChI=1S/C53H34N2O2/c1-3-12-35(13-4-1)36-26-30-42(31-27-36)55(41-15-5-2-6-16-41)43-32-28-37(29-33-43)44-18-11-21-49-51(44)46-34-40-14-7-8-17-45(40)50(52(46)56-49)38-22-24-39(25-23-38)53-54-47-19-9-10-20-48(47)57-53/h1-34H. The third-order valence-corrected chi connectivity index (χ3v) is 10.9. The smallest absolute Gasteiger partial charge is 0.227 e. The van der Waals surface area contributed by atoms with E-state index in [1.54, 1.807) is 0 Å². The van der Waals surface area contributed by atoms with Crippen LogP contribution < -0.4 is 4.90 Å². The molecular weight excluding hydrogens is 697 g/mol. The Hall–Kier alpha value is -7.69. The lowest BCUT2D eigenvalue weighted by Crippen LogP contribution is -2.09. The summed E-state index contributed by atoms with van der Waals surface area (Å²) in [5.74, 6) is 0.609. The average molecular weight is 731 g/mol. The van der Waals surface area contributed by atoms with Gasteiger partial charge in [-0.1, -0.05) is 133 Å². The third-order valence-electron chi connectivity index (χ3n) is 10.9. The normalized spacial score (nSPS) is 11.5. The maximum atomic E-state index is 6.84. The number of oxazole rings is 1. The molecule has 2 heterocycles. The Labute approximate surface area is 329 Å². The summed E-state index contributed by atoms with van der Waals surface area (Å²) in [6.07, 6.45) is 0. The number of aromatic nitrogens is 1. The van der Waals surface area contributed by atoms with Gasteiger partial charge >= 0.3 is 0 Å². The molecule has 0 saturated heterocycles. The molecule has 0 aliphatic heterocycles. The minimum atomic E-state index is 0.609. The first-order valence-electron chi connectivity index (χ1n) is 19.2. The molecule has 0 radical (unpaired) electrons. The molecular formula is C53H34N2O2. The van der Waals surface area contributed by atoms with Crippen molar-refractivity contribution in [3.05, 3.63) is 206 Å². The molecule has 268 valence electrons. The molecule has 0 bridgehead atoms. The number of anilines is 3. The summed E-state index contributed by atoms with van der Waals surface area (Å²) in [5.41, 5.74) is 14.3. The van der Waals surface area contributed by atoms with Crippen LogP contribution in [0.5, 0.6) is 0 Å². The highest BCUT2D eigenvalue weighted by Gasteiger charge is 2.20. The second-order valence-electron chi connectivity index (χ2n) is 14.3. The largest absolute Gasteiger partial charge is 0.455 e. The highest BCUT2D eigenvalue weighted by Crippen LogP contribution is 2.45. The first kappa shape index (κ1) is 32.7. The lowest BCUT2D eigenvalue weighted by atomic mass is 9.93. The van der Waals surface area contributed by atoms with Crippen molar-refractivity contribution >= 4 is 60.9 Å². The van der Waals surface area contributed by atoms with Gasteiger partial charge in [-0.15, -0.1) is 0 Å². The van der Waals surface area contributed by atoms with E-state index in [1.165, 1.54) is 11.1 Å². The van der Waals surface area contributed by atoms with Gasteiger partial charge in [-0.3, -0.25) is 0 Å². The second-order valence-corrected chi connectivity index (χ2v) is 14.3. The van der Waals surface area contributed by atoms with Gasteiger partial charge in [0.1, 0.15) is 16.7 Å². The number of furan rings is 1. The monoisotopic (exact) mass is 730 g/mol. The van der Waals surface area contributed by atoms with Gasteiger partial charge in [-0.05, 0) is 111 Å². The quantitative estimate of drug-likeness (QED) is 0.164. The predicted molar refractivity (Wildman–Crippen MR) is 235 cm³/mol. The fourth-order valence-electron chi connectivity index (χ4n) is 8.17. The number of hydrogen-bond acceptors (Lipinski definition) is 4. The van der Waals surface area contributed by atoms with Gasteiger partial charge in [0.2, 0.25) is 5.89 Å². The van der Waals surface area contributed by atoms with Crippen LogP contribution in [0.15, 0.2) is 215 Å². The Morgan fingerprint density at radius 2 is 0.965 bits per heavy atom. The lowest BCUT2D eigenvalue weighted by Gasteiger charge is -2.26. The van der Waals surface area contributed by atoms with E-state index in [9.17, 15) is 0 Å². The van der Waals surface area contributed by atoms with E-state index in [0.717, 1.165) is 88.7 Å². The summed E-state index contributed by atoms with van der Waals surface area (Å²) in [5, 5.41) is 4.49. The van der Waals surface area contributed by atoms with E-state index < -0.39 is 0 Å². The van der Waals surface area contributed by atoms with E-state index in [2.05, 4.69) is 187 Å². The van der Waals surface area contributed by atoms with Crippen LogP contribution in [0.1, 0.15) is 0 Å². The van der Waals surface area contributed by atoms with Crippen molar-refractivity contribution in [1.82, 2.24) is 4.98 Å². The van der Waals surface area contributed by atoms with Crippen molar-refractivity contribution in [2.24, 2.45) is 0 Å². The molecule has 11 rings (SSSR count). The minimum absolute atomic E-state index is 0.609. The molecule has 4 heteroatoms. The topological polar surface area (TPSA) is 42.4 Å². The van der Waals surface area contributed by atoms with Gasteiger partial charge in [0, 0.05) is 39.0 Å². The van der Waals surface area contributed by atoms with Crippen molar-refractivity contribution in [2.75, 3.05) is 4.90 Å².